The van der Waals surface area contributed by atoms with Crippen molar-refractivity contribution in [1.29, 1.82) is 0 Å². The van der Waals surface area contributed by atoms with Crippen molar-refractivity contribution in [3.05, 3.63) is 24.3 Å². The van der Waals surface area contributed by atoms with Crippen LogP contribution in [-0.2, 0) is 7.05 Å². The first kappa shape index (κ1) is 15.9. The Kier molecular flexibility index (Phi) is 6.58. The van der Waals surface area contributed by atoms with Gasteiger partial charge in [0.15, 0.2) is 0 Å². The molecule has 0 radical (unpaired) electrons. The highest BCUT2D eigenvalue weighted by molar-refractivity contribution is 5.78. The maximum Gasteiger partial charge on any atom is 0.203 e. The molecule has 0 aliphatic rings. The normalized spacial score (nSPS) is 11.1. The molecule has 3 heteroatoms. The van der Waals surface area contributed by atoms with Gasteiger partial charge in [-0.25, -0.2) is 4.98 Å². The number of imidazole rings is 1. The molecule has 0 unspecified atom stereocenters. The van der Waals surface area contributed by atoms with Gasteiger partial charge in [0.05, 0.1) is 11.0 Å². The van der Waals surface area contributed by atoms with E-state index in [-0.39, 0.29) is 0 Å². The number of para-hydroxylation sites is 2. The minimum Gasteiger partial charge on any atom is -0.356 e. The molecule has 1 N–H and O–H groups in total. The molecular weight excluding hydrogens is 258 g/mol. The SMILES string of the molecule is CCCCCCCCCCNc1nc2ccccc2n1C. The molecule has 1 aromatic carbocycles. The van der Waals surface area contributed by atoms with Crippen molar-refractivity contribution >= 4 is 17.0 Å². The average molecular weight is 287 g/mol. The minimum atomic E-state index is 0.985. The van der Waals surface area contributed by atoms with Gasteiger partial charge in [0, 0.05) is 13.6 Å². The number of anilines is 1. The lowest BCUT2D eigenvalue weighted by molar-refractivity contribution is 0.580. The van der Waals surface area contributed by atoms with Crippen LogP contribution in [0.2, 0.25) is 0 Å². The van der Waals surface area contributed by atoms with Gasteiger partial charge in [0.1, 0.15) is 0 Å². The molecule has 0 aliphatic heterocycles. The summed E-state index contributed by atoms with van der Waals surface area (Å²) in [6, 6.07) is 8.28. The molecule has 2 aromatic rings. The van der Waals surface area contributed by atoms with E-state index in [2.05, 4.69) is 47.0 Å². The van der Waals surface area contributed by atoms with E-state index in [9.17, 15) is 0 Å². The highest BCUT2D eigenvalue weighted by Crippen LogP contribution is 2.17. The number of nitrogens with zero attached hydrogens (tertiary/aromatic N) is 2. The van der Waals surface area contributed by atoms with Crippen LogP contribution in [0.25, 0.3) is 11.0 Å². The maximum atomic E-state index is 4.63. The first-order valence-corrected chi connectivity index (χ1v) is 8.48. The van der Waals surface area contributed by atoms with Gasteiger partial charge < -0.3 is 9.88 Å². The summed E-state index contributed by atoms with van der Waals surface area (Å²) < 4.78 is 2.14. The fourth-order valence-electron chi connectivity index (χ4n) is 2.76. The number of aromatic nitrogens is 2. The van der Waals surface area contributed by atoms with Gasteiger partial charge >= 0.3 is 0 Å². The lowest BCUT2D eigenvalue weighted by Crippen LogP contribution is -2.06. The zero-order chi connectivity index (χ0) is 14.9. The quantitative estimate of drug-likeness (QED) is 0.614. The first-order chi connectivity index (χ1) is 10.3. The molecular formula is C18H29N3. The zero-order valence-corrected chi connectivity index (χ0v) is 13.6. The van der Waals surface area contributed by atoms with Gasteiger partial charge in [-0.3, -0.25) is 0 Å². The number of unbranched alkanes of at least 4 members (excludes halogenated alkanes) is 7. The molecule has 0 saturated heterocycles. The van der Waals surface area contributed by atoms with Crippen molar-refractivity contribution in [2.45, 2.75) is 58.3 Å². The van der Waals surface area contributed by atoms with E-state index in [1.807, 2.05) is 6.07 Å². The fourth-order valence-corrected chi connectivity index (χ4v) is 2.76. The van der Waals surface area contributed by atoms with Gasteiger partial charge in [0.2, 0.25) is 5.95 Å². The Bertz CT molecular complexity index is 530. The monoisotopic (exact) mass is 287 g/mol. The van der Waals surface area contributed by atoms with Crippen molar-refractivity contribution < 1.29 is 0 Å². The Morgan fingerprint density at radius 1 is 0.952 bits per heavy atom. The van der Waals surface area contributed by atoms with Crippen LogP contribution in [0.15, 0.2) is 24.3 Å². The number of hydrogen-bond donors (Lipinski definition) is 1. The lowest BCUT2D eigenvalue weighted by Gasteiger charge is -2.06. The van der Waals surface area contributed by atoms with E-state index in [0.717, 1.165) is 18.0 Å². The van der Waals surface area contributed by atoms with Crippen LogP contribution < -0.4 is 5.32 Å². The van der Waals surface area contributed by atoms with Crippen LogP contribution >= 0.6 is 0 Å². The van der Waals surface area contributed by atoms with Gasteiger partial charge in [-0.05, 0) is 18.6 Å². The van der Waals surface area contributed by atoms with Crippen molar-refractivity contribution in [3.63, 3.8) is 0 Å². The standard InChI is InChI=1S/C18H29N3/c1-3-4-5-6-7-8-9-12-15-19-18-20-16-13-10-11-14-17(16)21(18)2/h10-11,13-14H,3-9,12,15H2,1-2H3,(H,19,20). The van der Waals surface area contributed by atoms with E-state index >= 15 is 0 Å². The molecule has 21 heavy (non-hydrogen) atoms. The topological polar surface area (TPSA) is 29.9 Å². The van der Waals surface area contributed by atoms with E-state index in [1.54, 1.807) is 0 Å². The van der Waals surface area contributed by atoms with Gasteiger partial charge in [-0.2, -0.15) is 0 Å². The molecule has 3 nitrogen and oxygen atoms in total. The molecule has 2 rings (SSSR count). The second-order valence-corrected chi connectivity index (χ2v) is 5.88. The fraction of sp³-hybridized carbons (Fsp3) is 0.611. The van der Waals surface area contributed by atoms with Crippen molar-refractivity contribution in [2.75, 3.05) is 11.9 Å². The van der Waals surface area contributed by atoms with Gasteiger partial charge in [0.25, 0.3) is 0 Å². The molecule has 0 atom stereocenters. The van der Waals surface area contributed by atoms with Crippen LogP contribution in [-0.4, -0.2) is 16.1 Å². The second kappa shape index (κ2) is 8.71. The van der Waals surface area contributed by atoms with Gasteiger partial charge in [-0.1, -0.05) is 64.0 Å². The number of hydrogen-bond acceptors (Lipinski definition) is 2. The number of benzene rings is 1. The number of fused-ring (bicyclic) bond motifs is 1. The largest absolute Gasteiger partial charge is 0.356 e. The smallest absolute Gasteiger partial charge is 0.203 e. The summed E-state index contributed by atoms with van der Waals surface area (Å²) in [5, 5.41) is 3.47. The van der Waals surface area contributed by atoms with Crippen LogP contribution in [0.4, 0.5) is 5.95 Å². The van der Waals surface area contributed by atoms with E-state index in [1.165, 1.54) is 56.9 Å². The number of aryl methyl sites for hydroxylation is 1. The summed E-state index contributed by atoms with van der Waals surface area (Å²) in [6.45, 7) is 3.29. The highest BCUT2D eigenvalue weighted by atomic mass is 15.2. The summed E-state index contributed by atoms with van der Waals surface area (Å²) in [5.41, 5.74) is 2.26. The van der Waals surface area contributed by atoms with E-state index in [4.69, 9.17) is 0 Å². The summed E-state index contributed by atoms with van der Waals surface area (Å²) in [6.07, 6.45) is 10.9. The molecule has 1 heterocycles. The van der Waals surface area contributed by atoms with E-state index < -0.39 is 0 Å². The highest BCUT2D eigenvalue weighted by Gasteiger charge is 2.05. The summed E-state index contributed by atoms with van der Waals surface area (Å²) in [7, 11) is 2.07. The molecule has 116 valence electrons. The third-order valence-electron chi connectivity index (χ3n) is 4.10. The Labute approximate surface area is 128 Å². The minimum absolute atomic E-state index is 0.985. The number of nitrogens with one attached hydrogen (secondary N) is 1. The molecule has 0 fully saturated rings. The molecule has 0 spiro atoms. The average Bonchev–Trinajstić information content (AvgIpc) is 2.83. The summed E-state index contributed by atoms with van der Waals surface area (Å²) in [5.74, 6) is 0.985. The molecule has 1 aromatic heterocycles. The Morgan fingerprint density at radius 3 is 2.33 bits per heavy atom. The van der Waals surface area contributed by atoms with Gasteiger partial charge in [-0.15, -0.1) is 0 Å². The Balaban J connectivity index is 1.63. The molecule has 0 saturated carbocycles. The summed E-state index contributed by atoms with van der Waals surface area (Å²) >= 11 is 0. The van der Waals surface area contributed by atoms with Crippen LogP contribution in [0.5, 0.6) is 0 Å². The third-order valence-corrected chi connectivity index (χ3v) is 4.10. The van der Waals surface area contributed by atoms with Crippen LogP contribution in [0, 0.1) is 0 Å². The van der Waals surface area contributed by atoms with Crippen molar-refractivity contribution in [2.24, 2.45) is 7.05 Å². The first-order valence-electron chi connectivity index (χ1n) is 8.48. The third kappa shape index (κ3) is 4.76. The lowest BCUT2D eigenvalue weighted by atomic mass is 10.1. The molecule has 0 aliphatic carbocycles. The maximum absolute atomic E-state index is 4.63. The predicted molar refractivity (Wildman–Crippen MR) is 91.8 cm³/mol. The van der Waals surface area contributed by atoms with Crippen molar-refractivity contribution in [1.82, 2.24) is 9.55 Å². The predicted octanol–water partition coefficient (Wildman–Crippen LogP) is 5.13. The molecule has 0 bridgehead atoms. The Hall–Kier alpha value is -1.51. The van der Waals surface area contributed by atoms with Crippen LogP contribution in [0.1, 0.15) is 58.3 Å². The second-order valence-electron chi connectivity index (χ2n) is 5.88. The Morgan fingerprint density at radius 2 is 1.62 bits per heavy atom. The van der Waals surface area contributed by atoms with Crippen LogP contribution in [0.3, 0.4) is 0 Å². The van der Waals surface area contributed by atoms with E-state index in [0.29, 0.717) is 0 Å². The number of rotatable bonds is 10. The zero-order valence-electron chi connectivity index (χ0n) is 13.6. The summed E-state index contributed by atoms with van der Waals surface area (Å²) in [4.78, 5) is 4.63. The van der Waals surface area contributed by atoms with Crippen molar-refractivity contribution in [3.8, 4) is 0 Å². The molecule has 0 amide bonds.